The Morgan fingerprint density at radius 3 is 2.45 bits per heavy atom. The van der Waals surface area contributed by atoms with E-state index in [1.807, 2.05) is 18.2 Å². The average Bonchev–Trinajstić information content (AvgIpc) is 2.86. The van der Waals surface area contributed by atoms with Crippen LogP contribution in [0.15, 0.2) is 71.7 Å². The number of aliphatic imine (C=N–C) groups is 1. The smallest absolute Gasteiger partial charge is 0.193 e. The van der Waals surface area contributed by atoms with Crippen LogP contribution < -0.4 is 16.4 Å². The molecule has 0 saturated carbocycles. The lowest BCUT2D eigenvalue weighted by molar-refractivity contribution is 0.316. The Labute approximate surface area is 192 Å². The first-order valence-electron chi connectivity index (χ1n) is 10.8. The maximum absolute atomic E-state index is 13.5. The van der Waals surface area contributed by atoms with E-state index in [-0.39, 0.29) is 11.4 Å². The number of piperidine rings is 1. The van der Waals surface area contributed by atoms with Gasteiger partial charge in [-0.15, -0.1) is 0 Å². The molecule has 0 atom stereocenters. The van der Waals surface area contributed by atoms with Crippen molar-refractivity contribution >= 4 is 11.6 Å². The second-order valence-electron chi connectivity index (χ2n) is 8.26. The van der Waals surface area contributed by atoms with E-state index < -0.39 is 11.6 Å². The molecule has 33 heavy (non-hydrogen) atoms. The molecular weight excluding hydrogens is 420 g/mol. The molecule has 1 fully saturated rings. The van der Waals surface area contributed by atoms with Crippen LogP contribution >= 0.6 is 0 Å². The third-order valence-corrected chi connectivity index (χ3v) is 6.13. The molecule has 168 valence electrons. The fraction of sp³-hybridized carbons (Fsp3) is 0.231. The number of nitrogens with zero attached hydrogens (tertiary/aromatic N) is 2. The molecule has 4 N–H and O–H groups in total. The lowest BCUT2D eigenvalue weighted by Gasteiger charge is -2.37. The number of halogens is 2. The van der Waals surface area contributed by atoms with Gasteiger partial charge >= 0.3 is 0 Å². The van der Waals surface area contributed by atoms with E-state index in [2.05, 4.69) is 46.0 Å². The molecular formula is C26H25F2N5. The molecule has 1 heterocycles. The average molecular weight is 446 g/mol. The molecule has 4 rings (SSSR count). The highest BCUT2D eigenvalue weighted by Gasteiger charge is 2.33. The zero-order valence-electron chi connectivity index (χ0n) is 18.1. The molecule has 3 aromatic carbocycles. The summed E-state index contributed by atoms with van der Waals surface area (Å²) in [6.07, 6.45) is 1.80. The van der Waals surface area contributed by atoms with Gasteiger partial charge in [0.25, 0.3) is 0 Å². The van der Waals surface area contributed by atoms with Gasteiger partial charge in [0.15, 0.2) is 17.6 Å². The Balaban J connectivity index is 1.54. The molecule has 0 radical (unpaired) electrons. The summed E-state index contributed by atoms with van der Waals surface area (Å²) in [5.74, 6) is -1.70. The summed E-state index contributed by atoms with van der Waals surface area (Å²) < 4.78 is 26.6. The molecule has 1 saturated heterocycles. The molecule has 0 spiro atoms. The zero-order chi connectivity index (χ0) is 23.3. The van der Waals surface area contributed by atoms with Crippen molar-refractivity contribution in [3.63, 3.8) is 0 Å². The number of anilines is 1. The number of nitrogens with two attached hydrogens (primary N) is 1. The van der Waals surface area contributed by atoms with Crippen LogP contribution in [-0.4, -0.2) is 25.6 Å². The summed E-state index contributed by atoms with van der Waals surface area (Å²) in [6, 6.07) is 21.6. The van der Waals surface area contributed by atoms with Crippen LogP contribution in [0.4, 0.5) is 14.5 Å². The predicted octanol–water partition coefficient (Wildman–Crippen LogP) is 4.55. The van der Waals surface area contributed by atoms with Gasteiger partial charge in [0.05, 0.1) is 18.2 Å². The van der Waals surface area contributed by atoms with Crippen LogP contribution in [0.3, 0.4) is 0 Å². The topological polar surface area (TPSA) is 86.2 Å². The fourth-order valence-electron chi connectivity index (χ4n) is 4.23. The number of hydrogen-bond donors (Lipinski definition) is 3. The Bertz CT molecular complexity index is 1190. The van der Waals surface area contributed by atoms with Gasteiger partial charge in [0.1, 0.15) is 0 Å². The van der Waals surface area contributed by atoms with Crippen molar-refractivity contribution in [1.82, 2.24) is 5.32 Å². The van der Waals surface area contributed by atoms with Gasteiger partial charge in [-0.2, -0.15) is 5.26 Å². The van der Waals surface area contributed by atoms with Gasteiger partial charge in [-0.1, -0.05) is 36.4 Å². The molecule has 1 aliphatic heterocycles. The summed E-state index contributed by atoms with van der Waals surface area (Å²) in [6.45, 7) is 2.22. The quantitative estimate of drug-likeness (QED) is 0.397. The number of guanidine groups is 1. The monoisotopic (exact) mass is 445 g/mol. The minimum Gasteiger partial charge on any atom is -0.370 e. The summed E-state index contributed by atoms with van der Waals surface area (Å²) in [4.78, 5) is 4.55. The normalized spacial score (nSPS) is 15.6. The molecule has 7 heteroatoms. The Morgan fingerprint density at radius 1 is 1.00 bits per heavy atom. The van der Waals surface area contributed by atoms with Gasteiger partial charge in [-0.25, -0.2) is 8.78 Å². The minimum atomic E-state index is -0.942. The van der Waals surface area contributed by atoms with E-state index in [0.717, 1.165) is 49.2 Å². The van der Waals surface area contributed by atoms with Gasteiger partial charge in [0.2, 0.25) is 0 Å². The first-order valence-corrected chi connectivity index (χ1v) is 10.8. The van der Waals surface area contributed by atoms with Crippen LogP contribution in [0.5, 0.6) is 0 Å². The SMILES string of the molecule is N#Cc1cccc(-c2ccc(C3(CN=C(N)Nc4ccc(F)c(F)c4)CCNCC3)cc2)c1. The van der Waals surface area contributed by atoms with E-state index in [4.69, 9.17) is 11.0 Å². The van der Waals surface area contributed by atoms with Crippen molar-refractivity contribution in [2.45, 2.75) is 18.3 Å². The van der Waals surface area contributed by atoms with Gasteiger partial charge in [-0.3, -0.25) is 4.99 Å². The Morgan fingerprint density at radius 2 is 1.76 bits per heavy atom. The van der Waals surface area contributed by atoms with Crippen molar-refractivity contribution in [3.8, 4) is 17.2 Å². The zero-order valence-corrected chi connectivity index (χ0v) is 18.1. The van der Waals surface area contributed by atoms with Crippen LogP contribution in [0.1, 0.15) is 24.0 Å². The van der Waals surface area contributed by atoms with E-state index in [1.54, 1.807) is 6.07 Å². The largest absolute Gasteiger partial charge is 0.370 e. The number of rotatable bonds is 5. The van der Waals surface area contributed by atoms with Crippen molar-refractivity contribution in [2.75, 3.05) is 25.0 Å². The van der Waals surface area contributed by atoms with Gasteiger partial charge in [0, 0.05) is 17.2 Å². The second-order valence-corrected chi connectivity index (χ2v) is 8.26. The summed E-state index contributed by atoms with van der Waals surface area (Å²) >= 11 is 0. The predicted molar refractivity (Wildman–Crippen MR) is 127 cm³/mol. The highest BCUT2D eigenvalue weighted by Crippen LogP contribution is 2.35. The molecule has 3 aromatic rings. The molecule has 0 unspecified atom stereocenters. The second kappa shape index (κ2) is 9.80. The first kappa shape index (κ1) is 22.4. The molecule has 0 aliphatic carbocycles. The number of benzene rings is 3. The van der Waals surface area contributed by atoms with Crippen LogP contribution in [0.25, 0.3) is 11.1 Å². The molecule has 5 nitrogen and oxygen atoms in total. The van der Waals surface area contributed by atoms with E-state index >= 15 is 0 Å². The van der Waals surface area contributed by atoms with Gasteiger partial charge in [-0.05, 0) is 66.9 Å². The molecule has 0 bridgehead atoms. The van der Waals surface area contributed by atoms with Gasteiger partial charge < -0.3 is 16.4 Å². The molecule has 0 amide bonds. The number of nitrogens with one attached hydrogen (secondary N) is 2. The summed E-state index contributed by atoms with van der Waals surface area (Å²) in [5, 5.41) is 15.4. The van der Waals surface area contributed by atoms with Crippen LogP contribution in [0.2, 0.25) is 0 Å². The maximum atomic E-state index is 13.5. The van der Waals surface area contributed by atoms with Crippen LogP contribution in [-0.2, 0) is 5.41 Å². The van der Waals surface area contributed by atoms with Crippen molar-refractivity contribution in [1.29, 1.82) is 5.26 Å². The summed E-state index contributed by atoms with van der Waals surface area (Å²) in [7, 11) is 0. The fourth-order valence-corrected chi connectivity index (χ4v) is 4.23. The van der Waals surface area contributed by atoms with E-state index in [9.17, 15) is 8.78 Å². The highest BCUT2D eigenvalue weighted by atomic mass is 19.2. The Kier molecular flexibility index (Phi) is 6.66. The van der Waals surface area contributed by atoms with Crippen molar-refractivity contribution < 1.29 is 8.78 Å². The molecule has 1 aliphatic rings. The van der Waals surface area contributed by atoms with E-state index in [0.29, 0.717) is 17.8 Å². The number of nitriles is 1. The number of hydrogen-bond acceptors (Lipinski definition) is 3. The lowest BCUT2D eigenvalue weighted by Crippen LogP contribution is -2.42. The summed E-state index contributed by atoms with van der Waals surface area (Å²) in [5.41, 5.74) is 10.1. The van der Waals surface area contributed by atoms with E-state index in [1.165, 1.54) is 11.6 Å². The van der Waals surface area contributed by atoms with Crippen molar-refractivity contribution in [3.05, 3.63) is 89.5 Å². The highest BCUT2D eigenvalue weighted by molar-refractivity contribution is 5.92. The third kappa shape index (κ3) is 5.18. The lowest BCUT2D eigenvalue weighted by atomic mass is 9.73. The Hall–Kier alpha value is -3.76. The maximum Gasteiger partial charge on any atom is 0.193 e. The van der Waals surface area contributed by atoms with Crippen LogP contribution in [0, 0.1) is 23.0 Å². The third-order valence-electron chi connectivity index (χ3n) is 6.13. The standard InChI is InChI=1S/C26H25F2N5/c27-23-9-8-22(15-24(23)28)33-25(30)32-17-26(10-12-31-13-11-26)21-6-4-19(5-7-21)20-3-1-2-18(14-20)16-29/h1-9,14-15,31H,10-13,17H2,(H3,30,32,33). The minimum absolute atomic E-state index is 0.156. The first-order chi connectivity index (χ1) is 16.0. The molecule has 0 aromatic heterocycles. The van der Waals surface area contributed by atoms with Crippen molar-refractivity contribution in [2.24, 2.45) is 10.7 Å².